The van der Waals surface area contributed by atoms with Gasteiger partial charge in [-0.2, -0.15) is 5.10 Å². The number of oxime groups is 1. The molecule has 0 atom stereocenters. The second kappa shape index (κ2) is 6.90. The number of amidine groups is 1. The Hall–Kier alpha value is -2.34. The van der Waals surface area contributed by atoms with Crippen LogP contribution < -0.4 is 5.73 Å². The monoisotopic (exact) mass is 287 g/mol. The first-order valence-corrected chi connectivity index (χ1v) is 6.82. The van der Waals surface area contributed by atoms with E-state index < -0.39 is 0 Å². The van der Waals surface area contributed by atoms with E-state index in [0.29, 0.717) is 0 Å². The molecule has 0 aliphatic heterocycles. The predicted octanol–water partition coefficient (Wildman–Crippen LogP) is 1.19. The van der Waals surface area contributed by atoms with Gasteiger partial charge in [0.2, 0.25) is 0 Å². The van der Waals surface area contributed by atoms with Gasteiger partial charge in [0.15, 0.2) is 5.84 Å². The molecule has 0 fully saturated rings. The SMILES string of the molecule is CN(CCc1ccnn1C)Cc1cccc(/C(N)=N/O)c1. The van der Waals surface area contributed by atoms with Crippen LogP contribution in [0, 0.1) is 0 Å². The highest BCUT2D eigenvalue weighted by Crippen LogP contribution is 2.08. The maximum atomic E-state index is 8.72. The summed E-state index contributed by atoms with van der Waals surface area (Å²) in [6, 6.07) is 9.75. The molecule has 0 saturated carbocycles. The van der Waals surface area contributed by atoms with Crippen LogP contribution in [-0.4, -0.2) is 39.3 Å². The van der Waals surface area contributed by atoms with Crippen LogP contribution >= 0.6 is 0 Å². The summed E-state index contributed by atoms with van der Waals surface area (Å²) in [7, 11) is 4.03. The minimum absolute atomic E-state index is 0.134. The van der Waals surface area contributed by atoms with Crippen LogP contribution in [0.3, 0.4) is 0 Å². The molecule has 112 valence electrons. The minimum Gasteiger partial charge on any atom is -0.409 e. The number of benzene rings is 1. The molecule has 0 spiro atoms. The number of nitrogens with zero attached hydrogens (tertiary/aromatic N) is 4. The fraction of sp³-hybridized carbons (Fsp3) is 0.333. The van der Waals surface area contributed by atoms with Crippen LogP contribution in [0.1, 0.15) is 16.8 Å². The zero-order valence-electron chi connectivity index (χ0n) is 12.4. The quantitative estimate of drug-likeness (QED) is 0.362. The van der Waals surface area contributed by atoms with Crippen molar-refractivity contribution in [3.05, 3.63) is 53.3 Å². The molecule has 0 bridgehead atoms. The summed E-state index contributed by atoms with van der Waals surface area (Å²) in [6.07, 6.45) is 2.77. The van der Waals surface area contributed by atoms with E-state index in [1.54, 1.807) is 0 Å². The fourth-order valence-electron chi connectivity index (χ4n) is 2.23. The van der Waals surface area contributed by atoms with Crippen molar-refractivity contribution in [2.75, 3.05) is 13.6 Å². The number of rotatable bonds is 6. The van der Waals surface area contributed by atoms with Gasteiger partial charge in [-0.25, -0.2) is 0 Å². The summed E-state index contributed by atoms with van der Waals surface area (Å²) in [6.45, 7) is 1.75. The third kappa shape index (κ3) is 4.06. The van der Waals surface area contributed by atoms with Gasteiger partial charge in [0, 0.05) is 44.0 Å². The van der Waals surface area contributed by atoms with Crippen LogP contribution in [0.5, 0.6) is 0 Å². The molecule has 0 aliphatic rings. The van der Waals surface area contributed by atoms with Gasteiger partial charge in [-0.1, -0.05) is 23.4 Å². The molecule has 1 aromatic heterocycles. The Kier molecular flexibility index (Phi) is 4.94. The fourth-order valence-corrected chi connectivity index (χ4v) is 2.23. The van der Waals surface area contributed by atoms with Gasteiger partial charge in [-0.05, 0) is 24.7 Å². The van der Waals surface area contributed by atoms with Crippen molar-refractivity contribution in [1.82, 2.24) is 14.7 Å². The molecule has 1 heterocycles. The number of aromatic nitrogens is 2. The van der Waals surface area contributed by atoms with Crippen molar-refractivity contribution in [3.63, 3.8) is 0 Å². The second-order valence-corrected chi connectivity index (χ2v) is 5.12. The Morgan fingerprint density at radius 1 is 1.43 bits per heavy atom. The van der Waals surface area contributed by atoms with Gasteiger partial charge in [0.05, 0.1) is 0 Å². The predicted molar refractivity (Wildman–Crippen MR) is 82.2 cm³/mol. The standard InChI is InChI=1S/C15H21N5O/c1-19(9-7-14-6-8-17-20(14)2)11-12-4-3-5-13(10-12)15(16)18-21/h3-6,8,10,21H,7,9,11H2,1-2H3,(H2,16,18). The molecule has 2 aromatic rings. The van der Waals surface area contributed by atoms with Crippen LogP contribution in [0.2, 0.25) is 0 Å². The summed E-state index contributed by atoms with van der Waals surface area (Å²) in [5, 5.41) is 15.9. The average Bonchev–Trinajstić information content (AvgIpc) is 2.90. The molecule has 3 N–H and O–H groups in total. The second-order valence-electron chi connectivity index (χ2n) is 5.12. The van der Waals surface area contributed by atoms with Crippen molar-refractivity contribution >= 4 is 5.84 Å². The topological polar surface area (TPSA) is 79.7 Å². The Labute approximate surface area is 124 Å². The van der Waals surface area contributed by atoms with E-state index in [-0.39, 0.29) is 5.84 Å². The first kappa shape index (κ1) is 15.1. The number of aryl methyl sites for hydroxylation is 1. The van der Waals surface area contributed by atoms with Gasteiger partial charge in [-0.3, -0.25) is 4.68 Å². The van der Waals surface area contributed by atoms with Gasteiger partial charge in [0.1, 0.15) is 0 Å². The summed E-state index contributed by atoms with van der Waals surface area (Å²) in [4.78, 5) is 2.23. The highest BCUT2D eigenvalue weighted by atomic mass is 16.4. The minimum atomic E-state index is 0.134. The number of hydrogen-bond acceptors (Lipinski definition) is 4. The zero-order chi connectivity index (χ0) is 15.2. The van der Waals surface area contributed by atoms with E-state index in [1.807, 2.05) is 48.3 Å². The lowest BCUT2D eigenvalue weighted by atomic mass is 10.1. The highest BCUT2D eigenvalue weighted by molar-refractivity contribution is 5.97. The maximum Gasteiger partial charge on any atom is 0.170 e. The molecule has 0 saturated heterocycles. The van der Waals surface area contributed by atoms with E-state index in [9.17, 15) is 0 Å². The molecular formula is C15H21N5O. The summed E-state index contributed by atoms with van der Waals surface area (Å²) >= 11 is 0. The van der Waals surface area contributed by atoms with Crippen molar-refractivity contribution in [3.8, 4) is 0 Å². The summed E-state index contributed by atoms with van der Waals surface area (Å²) < 4.78 is 1.90. The number of likely N-dealkylation sites (N-methyl/N-ethyl adjacent to an activating group) is 1. The molecule has 0 amide bonds. The van der Waals surface area contributed by atoms with Crippen molar-refractivity contribution in [2.24, 2.45) is 17.9 Å². The Morgan fingerprint density at radius 2 is 2.24 bits per heavy atom. The molecule has 6 nitrogen and oxygen atoms in total. The third-order valence-corrected chi connectivity index (χ3v) is 3.46. The molecule has 0 unspecified atom stereocenters. The molecule has 21 heavy (non-hydrogen) atoms. The molecule has 2 rings (SSSR count). The smallest absolute Gasteiger partial charge is 0.170 e. The van der Waals surface area contributed by atoms with Crippen molar-refractivity contribution in [2.45, 2.75) is 13.0 Å². The van der Waals surface area contributed by atoms with Gasteiger partial charge in [0.25, 0.3) is 0 Å². The highest BCUT2D eigenvalue weighted by Gasteiger charge is 2.05. The number of hydrogen-bond donors (Lipinski definition) is 2. The third-order valence-electron chi connectivity index (χ3n) is 3.46. The normalized spacial score (nSPS) is 12.0. The van der Waals surface area contributed by atoms with E-state index in [2.05, 4.69) is 22.2 Å². The molecule has 1 aromatic carbocycles. The molecular weight excluding hydrogens is 266 g/mol. The van der Waals surface area contributed by atoms with Crippen molar-refractivity contribution < 1.29 is 5.21 Å². The Morgan fingerprint density at radius 3 is 2.90 bits per heavy atom. The molecule has 6 heteroatoms. The lowest BCUT2D eigenvalue weighted by Gasteiger charge is -2.17. The maximum absolute atomic E-state index is 8.72. The first-order valence-electron chi connectivity index (χ1n) is 6.82. The van der Waals surface area contributed by atoms with Crippen molar-refractivity contribution in [1.29, 1.82) is 0 Å². The molecule has 0 radical (unpaired) electrons. The lowest BCUT2D eigenvalue weighted by molar-refractivity contribution is 0.318. The van der Waals surface area contributed by atoms with E-state index in [0.717, 1.165) is 30.6 Å². The summed E-state index contributed by atoms with van der Waals surface area (Å²) in [5.41, 5.74) is 8.69. The largest absolute Gasteiger partial charge is 0.409 e. The van der Waals surface area contributed by atoms with Gasteiger partial charge < -0.3 is 15.8 Å². The average molecular weight is 287 g/mol. The number of nitrogens with two attached hydrogens (primary N) is 1. The molecule has 0 aliphatic carbocycles. The van der Waals surface area contributed by atoms with Crippen LogP contribution in [0.15, 0.2) is 41.7 Å². The Bertz CT molecular complexity index is 620. The Balaban J connectivity index is 1.93. The van der Waals surface area contributed by atoms with Gasteiger partial charge in [-0.15, -0.1) is 0 Å². The van der Waals surface area contributed by atoms with Gasteiger partial charge >= 0.3 is 0 Å². The first-order chi connectivity index (χ1) is 10.1. The van der Waals surface area contributed by atoms with Crippen LogP contribution in [0.25, 0.3) is 0 Å². The van der Waals surface area contributed by atoms with E-state index in [4.69, 9.17) is 10.9 Å². The lowest BCUT2D eigenvalue weighted by Crippen LogP contribution is -2.22. The van der Waals surface area contributed by atoms with Crippen LogP contribution in [0.4, 0.5) is 0 Å². The zero-order valence-corrected chi connectivity index (χ0v) is 12.4. The van der Waals surface area contributed by atoms with E-state index >= 15 is 0 Å². The van der Waals surface area contributed by atoms with Crippen LogP contribution in [-0.2, 0) is 20.0 Å². The van der Waals surface area contributed by atoms with E-state index in [1.165, 1.54) is 5.69 Å². The summed E-state index contributed by atoms with van der Waals surface area (Å²) in [5.74, 6) is 0.134.